The predicted molar refractivity (Wildman–Crippen MR) is 64.8 cm³/mol. The Labute approximate surface area is 99.6 Å². The topological polar surface area (TPSA) is 66.2 Å². The monoisotopic (exact) mass is 230 g/mol. The van der Waals surface area contributed by atoms with E-state index in [0.29, 0.717) is 18.8 Å². The van der Waals surface area contributed by atoms with Gasteiger partial charge < -0.3 is 5.32 Å². The lowest BCUT2D eigenvalue weighted by Crippen LogP contribution is -2.25. The number of benzene rings is 1. The summed E-state index contributed by atoms with van der Waals surface area (Å²) in [5.74, 6) is -0.0448. The number of hydrogen-bond donors (Lipinski definition) is 1. The van der Waals surface area contributed by atoms with Gasteiger partial charge in [0.25, 0.3) is 0 Å². The summed E-state index contributed by atoms with van der Waals surface area (Å²) >= 11 is 0. The molecule has 88 valence electrons. The molecule has 5 heteroatoms. The van der Waals surface area contributed by atoms with Crippen LogP contribution in [0.5, 0.6) is 0 Å². The minimum atomic E-state index is -0.0448. The van der Waals surface area contributed by atoms with Crippen LogP contribution in [0.2, 0.25) is 0 Å². The number of carbonyl (C=O) groups excluding carboxylic acids is 1. The molecule has 1 aliphatic rings. The first-order valence-corrected chi connectivity index (χ1v) is 5.48. The van der Waals surface area contributed by atoms with Crippen molar-refractivity contribution in [3.05, 3.63) is 35.4 Å². The molecule has 0 atom stereocenters. The van der Waals surface area contributed by atoms with Crippen molar-refractivity contribution in [1.29, 1.82) is 0 Å². The second-order valence-electron chi connectivity index (χ2n) is 3.99. The summed E-state index contributed by atoms with van der Waals surface area (Å²) in [4.78, 5) is 11.6. The summed E-state index contributed by atoms with van der Waals surface area (Å²) in [6.45, 7) is 3.02. The van der Waals surface area contributed by atoms with Gasteiger partial charge in [0.2, 0.25) is 5.91 Å². The van der Waals surface area contributed by atoms with Crippen LogP contribution in [0.15, 0.2) is 39.7 Å². The Kier molecular flexibility index (Phi) is 3.59. The number of nitrogens with zero attached hydrogens (tertiary/aromatic N) is 3. The minimum absolute atomic E-state index is 0.0448. The van der Waals surface area contributed by atoms with Crippen molar-refractivity contribution in [3.8, 4) is 0 Å². The minimum Gasteiger partial charge on any atom is -0.352 e. The number of carbonyl (C=O) groups is 1. The molecular weight excluding hydrogens is 216 g/mol. The van der Waals surface area contributed by atoms with Gasteiger partial charge in [-0.3, -0.25) is 4.79 Å². The molecule has 0 bridgehead atoms. The van der Waals surface area contributed by atoms with Gasteiger partial charge in [-0.05, 0) is 17.7 Å². The van der Waals surface area contributed by atoms with Crippen molar-refractivity contribution >= 4 is 11.6 Å². The van der Waals surface area contributed by atoms with Crippen LogP contribution >= 0.6 is 0 Å². The van der Waals surface area contributed by atoms with E-state index in [-0.39, 0.29) is 12.3 Å². The largest absolute Gasteiger partial charge is 0.352 e. The van der Waals surface area contributed by atoms with Gasteiger partial charge in [0.05, 0.1) is 12.1 Å². The van der Waals surface area contributed by atoms with E-state index in [4.69, 9.17) is 0 Å². The molecule has 1 heterocycles. The molecule has 1 N–H and O–H groups in total. The van der Waals surface area contributed by atoms with E-state index in [1.807, 2.05) is 31.2 Å². The van der Waals surface area contributed by atoms with E-state index in [1.54, 1.807) is 0 Å². The van der Waals surface area contributed by atoms with Gasteiger partial charge in [-0.15, -0.1) is 5.10 Å². The molecule has 0 saturated heterocycles. The highest BCUT2D eigenvalue weighted by atomic mass is 16.1. The fourth-order valence-electron chi connectivity index (χ4n) is 1.49. The highest BCUT2D eigenvalue weighted by Gasteiger charge is 2.09. The SMILES string of the molecule is Cc1ccc(CNC(=O)CC2=NN=NC2)cc1. The van der Waals surface area contributed by atoms with Crippen LogP contribution < -0.4 is 5.32 Å². The van der Waals surface area contributed by atoms with Crippen molar-refractivity contribution in [1.82, 2.24) is 5.32 Å². The lowest BCUT2D eigenvalue weighted by atomic mass is 10.1. The van der Waals surface area contributed by atoms with E-state index in [1.165, 1.54) is 5.56 Å². The van der Waals surface area contributed by atoms with Crippen LogP contribution in [0.3, 0.4) is 0 Å². The lowest BCUT2D eigenvalue weighted by Gasteiger charge is -2.05. The smallest absolute Gasteiger partial charge is 0.226 e. The molecule has 0 aromatic heterocycles. The normalized spacial score (nSPS) is 13.6. The van der Waals surface area contributed by atoms with Crippen LogP contribution in [0.4, 0.5) is 0 Å². The molecule has 17 heavy (non-hydrogen) atoms. The Balaban J connectivity index is 1.78. The van der Waals surface area contributed by atoms with Crippen molar-refractivity contribution in [2.24, 2.45) is 15.4 Å². The molecule has 0 spiro atoms. The average molecular weight is 230 g/mol. The third kappa shape index (κ3) is 3.48. The molecule has 0 saturated carbocycles. The van der Waals surface area contributed by atoms with E-state index in [9.17, 15) is 4.79 Å². The molecule has 0 aliphatic carbocycles. The highest BCUT2D eigenvalue weighted by Crippen LogP contribution is 2.03. The number of aryl methyl sites for hydroxylation is 1. The average Bonchev–Trinajstić information content (AvgIpc) is 2.81. The molecule has 1 aromatic carbocycles. The number of hydrogen-bond acceptors (Lipinski definition) is 4. The standard InChI is InChI=1S/C12H14N4O/c1-9-2-4-10(5-3-9)7-13-12(17)6-11-8-14-16-15-11/h2-5H,6-8H2,1H3,(H,13,17). The van der Waals surface area contributed by atoms with Crippen LogP contribution in [0, 0.1) is 6.92 Å². The van der Waals surface area contributed by atoms with Gasteiger partial charge >= 0.3 is 0 Å². The quantitative estimate of drug-likeness (QED) is 0.842. The van der Waals surface area contributed by atoms with Crippen LogP contribution in [-0.4, -0.2) is 18.2 Å². The number of rotatable bonds is 4. The van der Waals surface area contributed by atoms with Crippen molar-refractivity contribution in [2.75, 3.05) is 6.54 Å². The van der Waals surface area contributed by atoms with Crippen LogP contribution in [-0.2, 0) is 11.3 Å². The zero-order valence-corrected chi connectivity index (χ0v) is 9.68. The van der Waals surface area contributed by atoms with Gasteiger partial charge in [0.15, 0.2) is 0 Å². The molecule has 0 radical (unpaired) electrons. The van der Waals surface area contributed by atoms with Crippen molar-refractivity contribution in [3.63, 3.8) is 0 Å². The molecule has 1 aliphatic heterocycles. The summed E-state index contributed by atoms with van der Waals surface area (Å²) in [5.41, 5.74) is 3.02. The summed E-state index contributed by atoms with van der Waals surface area (Å²) in [6.07, 6.45) is 0.277. The molecule has 1 aromatic rings. The van der Waals surface area contributed by atoms with Gasteiger partial charge in [0.1, 0.15) is 6.54 Å². The Hall–Kier alpha value is -2.04. The Morgan fingerprint density at radius 2 is 2.12 bits per heavy atom. The third-order valence-corrected chi connectivity index (χ3v) is 2.48. The van der Waals surface area contributed by atoms with Gasteiger partial charge in [-0.2, -0.15) is 5.11 Å². The van der Waals surface area contributed by atoms with E-state index in [0.717, 1.165) is 5.56 Å². The van der Waals surface area contributed by atoms with Gasteiger partial charge in [0, 0.05) is 6.54 Å². The van der Waals surface area contributed by atoms with Crippen molar-refractivity contribution < 1.29 is 4.79 Å². The van der Waals surface area contributed by atoms with Gasteiger partial charge in [-0.25, -0.2) is 0 Å². The first kappa shape index (κ1) is 11.4. The molecule has 0 fully saturated rings. The van der Waals surface area contributed by atoms with E-state index in [2.05, 4.69) is 20.8 Å². The lowest BCUT2D eigenvalue weighted by molar-refractivity contribution is -0.120. The summed E-state index contributed by atoms with van der Waals surface area (Å²) < 4.78 is 0. The maximum absolute atomic E-state index is 11.6. The molecule has 1 amide bonds. The number of nitrogens with one attached hydrogen (secondary N) is 1. The maximum Gasteiger partial charge on any atom is 0.226 e. The molecule has 2 rings (SSSR count). The fourth-order valence-corrected chi connectivity index (χ4v) is 1.49. The maximum atomic E-state index is 11.6. The second kappa shape index (κ2) is 5.34. The summed E-state index contributed by atoms with van der Waals surface area (Å²) in [6, 6.07) is 8.07. The fraction of sp³-hybridized carbons (Fsp3) is 0.333. The number of amides is 1. The second-order valence-corrected chi connectivity index (χ2v) is 3.99. The zero-order chi connectivity index (χ0) is 12.1. The van der Waals surface area contributed by atoms with E-state index < -0.39 is 0 Å². The van der Waals surface area contributed by atoms with Crippen LogP contribution in [0.25, 0.3) is 0 Å². The highest BCUT2D eigenvalue weighted by molar-refractivity contribution is 6.02. The Morgan fingerprint density at radius 1 is 1.35 bits per heavy atom. The predicted octanol–water partition coefficient (Wildman–Crippen LogP) is 1.82. The first-order chi connectivity index (χ1) is 8.24. The Morgan fingerprint density at radius 3 is 2.76 bits per heavy atom. The van der Waals surface area contributed by atoms with Crippen molar-refractivity contribution in [2.45, 2.75) is 19.9 Å². The molecular formula is C12H14N4O. The Bertz CT molecular complexity index is 462. The molecule has 0 unspecified atom stereocenters. The van der Waals surface area contributed by atoms with Gasteiger partial charge in [-0.1, -0.05) is 29.8 Å². The van der Waals surface area contributed by atoms with E-state index >= 15 is 0 Å². The first-order valence-electron chi connectivity index (χ1n) is 5.48. The van der Waals surface area contributed by atoms with Crippen LogP contribution in [0.1, 0.15) is 17.5 Å². The third-order valence-electron chi connectivity index (χ3n) is 2.48. The summed E-state index contributed by atoms with van der Waals surface area (Å²) in [7, 11) is 0. The summed E-state index contributed by atoms with van der Waals surface area (Å²) in [5, 5.41) is 13.8. The zero-order valence-electron chi connectivity index (χ0n) is 9.68. The molecule has 5 nitrogen and oxygen atoms in total.